The summed E-state index contributed by atoms with van der Waals surface area (Å²) < 4.78 is 3.73. The third-order valence-corrected chi connectivity index (χ3v) is 4.42. The van der Waals surface area contributed by atoms with Gasteiger partial charge in [0.15, 0.2) is 0 Å². The van der Waals surface area contributed by atoms with Gasteiger partial charge in [0.2, 0.25) is 6.33 Å². The van der Waals surface area contributed by atoms with Crippen molar-refractivity contribution in [2.45, 2.75) is 64.5 Å². The fraction of sp³-hybridized carbons (Fsp3) is 0.667. The first-order valence-corrected chi connectivity index (χ1v) is 8.54. The van der Waals surface area contributed by atoms with Gasteiger partial charge in [-0.05, 0) is 61.7 Å². The lowest BCUT2D eigenvalue weighted by Crippen LogP contribution is -3.00. The summed E-state index contributed by atoms with van der Waals surface area (Å²) in [7, 11) is 0. The molecule has 0 bridgehead atoms. The van der Waals surface area contributed by atoms with Crippen molar-refractivity contribution in [3.63, 3.8) is 0 Å². The average Bonchev–Trinajstić information content (AvgIpc) is 2.74. The van der Waals surface area contributed by atoms with E-state index in [0.29, 0.717) is 36.2 Å². The first-order valence-electron chi connectivity index (χ1n) is 7.79. The van der Waals surface area contributed by atoms with Gasteiger partial charge >= 0.3 is 11.9 Å². The highest BCUT2D eigenvalue weighted by atomic mass is 79.9. The predicted octanol–water partition coefficient (Wildman–Crippen LogP) is 0.376. The van der Waals surface area contributed by atoms with Crippen LogP contribution in [0.4, 0.5) is 0 Å². The van der Waals surface area contributed by atoms with Crippen LogP contribution in [0.15, 0.2) is 6.33 Å². The Kier molecular flexibility index (Phi) is 12.1. The molecule has 2 N–H and O–H groups in total. The summed E-state index contributed by atoms with van der Waals surface area (Å²) in [5.74, 6) is -1.54. The number of rotatable bonds is 12. The van der Waals surface area contributed by atoms with E-state index in [2.05, 4.69) is 0 Å². The summed E-state index contributed by atoms with van der Waals surface area (Å²) in [4.78, 5) is 20.9. The third-order valence-electron chi connectivity index (χ3n) is 3.53. The number of aryl methyl sites for hydroxylation is 2. The molecule has 0 aromatic carbocycles. The van der Waals surface area contributed by atoms with Gasteiger partial charge in [0.1, 0.15) is 0 Å². The van der Waals surface area contributed by atoms with Crippen LogP contribution >= 0.6 is 23.2 Å². The lowest BCUT2D eigenvalue weighted by atomic mass is 10.2. The molecule has 6 nitrogen and oxygen atoms in total. The van der Waals surface area contributed by atoms with E-state index in [1.165, 1.54) is 0 Å². The summed E-state index contributed by atoms with van der Waals surface area (Å²) in [6.07, 6.45) is 6.90. The SMILES string of the molecule is O=C(O)CCCCCn1c[n+](CCCCCC(=O)O)c(Cl)c1Cl.[Br-]. The number of aliphatic carboxylic acids is 2. The fourth-order valence-corrected chi connectivity index (χ4v) is 2.76. The number of nitrogens with zero attached hydrogens (tertiary/aromatic N) is 2. The van der Waals surface area contributed by atoms with Crippen LogP contribution in [0.3, 0.4) is 0 Å². The Bertz CT molecular complexity index is 493. The minimum atomic E-state index is -0.771. The van der Waals surface area contributed by atoms with Gasteiger partial charge in [-0.3, -0.25) is 9.59 Å². The normalized spacial score (nSPS) is 10.4. The fourth-order valence-electron chi connectivity index (χ4n) is 2.29. The minimum Gasteiger partial charge on any atom is -1.00 e. The van der Waals surface area contributed by atoms with Crippen LogP contribution in [0.5, 0.6) is 0 Å². The number of carboxylic acid groups (broad SMARTS) is 2. The van der Waals surface area contributed by atoms with Gasteiger partial charge in [-0.2, -0.15) is 0 Å². The Labute approximate surface area is 162 Å². The molecule has 0 saturated heterocycles. The number of imidazole rings is 1. The summed E-state index contributed by atoms with van der Waals surface area (Å²) >= 11 is 12.4. The molecule has 1 aromatic rings. The summed E-state index contributed by atoms with van der Waals surface area (Å²) in [5.41, 5.74) is 0. The number of aromatic nitrogens is 2. The predicted molar refractivity (Wildman–Crippen MR) is 86.9 cm³/mol. The van der Waals surface area contributed by atoms with E-state index in [9.17, 15) is 9.59 Å². The smallest absolute Gasteiger partial charge is 0.303 e. The number of carboxylic acids is 2. The van der Waals surface area contributed by atoms with Crippen LogP contribution in [-0.2, 0) is 22.7 Å². The molecule has 1 rings (SSSR count). The highest BCUT2D eigenvalue weighted by molar-refractivity contribution is 6.39. The van der Waals surface area contributed by atoms with Crippen molar-refractivity contribution in [1.29, 1.82) is 0 Å². The first kappa shape index (κ1) is 23.2. The molecule has 138 valence electrons. The van der Waals surface area contributed by atoms with Gasteiger partial charge in [0, 0.05) is 12.8 Å². The molecule has 9 heteroatoms. The van der Waals surface area contributed by atoms with Crippen LogP contribution in [0.2, 0.25) is 10.3 Å². The zero-order valence-electron chi connectivity index (χ0n) is 13.4. The molecule has 0 spiro atoms. The van der Waals surface area contributed by atoms with Crippen molar-refractivity contribution in [3.8, 4) is 0 Å². The van der Waals surface area contributed by atoms with Crippen LogP contribution < -0.4 is 21.5 Å². The van der Waals surface area contributed by atoms with E-state index in [1.54, 1.807) is 0 Å². The van der Waals surface area contributed by atoms with E-state index >= 15 is 0 Å². The molecule has 0 unspecified atom stereocenters. The van der Waals surface area contributed by atoms with Gasteiger partial charge in [-0.15, -0.1) is 0 Å². The monoisotopic (exact) mass is 444 g/mol. The van der Waals surface area contributed by atoms with Gasteiger partial charge in [-0.25, -0.2) is 9.13 Å². The topological polar surface area (TPSA) is 83.4 Å². The molecule has 24 heavy (non-hydrogen) atoms. The second kappa shape index (κ2) is 12.6. The van der Waals surface area contributed by atoms with Gasteiger partial charge in [0.05, 0.1) is 13.1 Å². The molecule has 1 heterocycles. The van der Waals surface area contributed by atoms with Gasteiger partial charge in [-0.1, -0.05) is 0 Å². The number of halogens is 3. The van der Waals surface area contributed by atoms with Crippen molar-refractivity contribution in [2.24, 2.45) is 0 Å². The second-order valence-corrected chi connectivity index (χ2v) is 6.21. The minimum absolute atomic E-state index is 0. The number of unbranched alkanes of at least 4 members (excludes halogenated alkanes) is 4. The molecule has 0 aliphatic heterocycles. The van der Waals surface area contributed by atoms with E-state index in [1.807, 2.05) is 15.5 Å². The van der Waals surface area contributed by atoms with E-state index < -0.39 is 11.9 Å². The van der Waals surface area contributed by atoms with E-state index in [0.717, 1.165) is 25.7 Å². The zero-order chi connectivity index (χ0) is 17.2. The first-order chi connectivity index (χ1) is 10.9. The number of hydrogen-bond donors (Lipinski definition) is 2. The highest BCUT2D eigenvalue weighted by Crippen LogP contribution is 2.19. The largest absolute Gasteiger partial charge is 1.00 e. The van der Waals surface area contributed by atoms with Crippen molar-refractivity contribution in [3.05, 3.63) is 16.6 Å². The maximum absolute atomic E-state index is 10.4. The molecule has 0 saturated carbocycles. The maximum Gasteiger partial charge on any atom is 0.303 e. The lowest BCUT2D eigenvalue weighted by molar-refractivity contribution is -0.694. The number of hydrogen-bond acceptors (Lipinski definition) is 2. The Morgan fingerprint density at radius 3 is 2.04 bits per heavy atom. The summed E-state index contributed by atoms with van der Waals surface area (Å²) in [5, 5.41) is 18.1. The van der Waals surface area contributed by atoms with Crippen LogP contribution in [0.25, 0.3) is 0 Å². The standard InChI is InChI=1S/C15H22Cl2N2O4.BrH/c16-14-15(17)19(10-6-2-4-8-13(22)23)11-18(14)9-5-1-3-7-12(20)21;/h11H,1-10H2,(H-,20,21,22,23);1H. The molecule has 0 aliphatic rings. The molecule has 0 amide bonds. The Balaban J connectivity index is 0.00000529. The van der Waals surface area contributed by atoms with Crippen LogP contribution in [0.1, 0.15) is 51.4 Å². The van der Waals surface area contributed by atoms with E-state index in [-0.39, 0.29) is 29.8 Å². The average molecular weight is 446 g/mol. The highest BCUT2D eigenvalue weighted by Gasteiger charge is 2.19. The van der Waals surface area contributed by atoms with Gasteiger partial charge in [0.25, 0.3) is 10.3 Å². The zero-order valence-corrected chi connectivity index (χ0v) is 16.5. The number of carbonyl (C=O) groups is 2. The lowest BCUT2D eigenvalue weighted by Gasteiger charge is -1.98. The quantitative estimate of drug-likeness (QED) is 0.359. The third kappa shape index (κ3) is 8.89. The van der Waals surface area contributed by atoms with Gasteiger partial charge < -0.3 is 27.2 Å². The molecule has 0 fully saturated rings. The molecule has 1 aromatic heterocycles. The van der Waals surface area contributed by atoms with Crippen LogP contribution in [-0.4, -0.2) is 26.7 Å². The summed E-state index contributed by atoms with van der Waals surface area (Å²) in [6.45, 7) is 1.40. The van der Waals surface area contributed by atoms with Crippen molar-refractivity contribution in [2.75, 3.05) is 0 Å². The molecule has 0 radical (unpaired) electrons. The Morgan fingerprint density at radius 1 is 0.958 bits per heavy atom. The Morgan fingerprint density at radius 2 is 1.50 bits per heavy atom. The van der Waals surface area contributed by atoms with Crippen molar-refractivity contribution in [1.82, 2.24) is 4.57 Å². The summed E-state index contributed by atoms with van der Waals surface area (Å²) in [6, 6.07) is 0. The molecular formula is C15H23BrCl2N2O4. The second-order valence-electron chi connectivity index (χ2n) is 5.49. The van der Waals surface area contributed by atoms with E-state index in [4.69, 9.17) is 33.4 Å². The molecule has 0 aliphatic carbocycles. The molecule has 0 atom stereocenters. The van der Waals surface area contributed by atoms with Crippen LogP contribution in [0, 0.1) is 0 Å². The van der Waals surface area contributed by atoms with Crippen molar-refractivity contribution >= 4 is 35.1 Å². The molecular weight excluding hydrogens is 423 g/mol. The van der Waals surface area contributed by atoms with Crippen molar-refractivity contribution < 1.29 is 41.4 Å². The Hall–Kier alpha value is -0.790. The maximum atomic E-state index is 10.4.